The highest BCUT2D eigenvalue weighted by molar-refractivity contribution is 6.30. The Morgan fingerprint density at radius 3 is 2.71 bits per heavy atom. The van der Waals surface area contributed by atoms with Crippen LogP contribution >= 0.6 is 23.2 Å². The van der Waals surface area contributed by atoms with E-state index in [0.717, 1.165) is 24.8 Å². The zero-order valence-corrected chi connectivity index (χ0v) is 9.58. The average molecular weight is 235 g/mol. The fourth-order valence-electron chi connectivity index (χ4n) is 1.22. The highest BCUT2D eigenvalue weighted by Crippen LogP contribution is 2.18. The SMILES string of the molecule is CCC(Cl)CCc1ccc(Cl)c(F)c1. The summed E-state index contributed by atoms with van der Waals surface area (Å²) in [6.07, 6.45) is 2.62. The zero-order chi connectivity index (χ0) is 10.6. The minimum Gasteiger partial charge on any atom is -0.205 e. The van der Waals surface area contributed by atoms with Crippen LogP contribution in [-0.2, 0) is 6.42 Å². The smallest absolute Gasteiger partial charge is 0.142 e. The van der Waals surface area contributed by atoms with Crippen LogP contribution in [0.2, 0.25) is 5.02 Å². The predicted octanol–water partition coefficient (Wildman–Crippen LogP) is 4.43. The van der Waals surface area contributed by atoms with E-state index in [2.05, 4.69) is 0 Å². The number of alkyl halides is 1. The maximum absolute atomic E-state index is 13.0. The molecule has 0 amide bonds. The molecule has 0 aliphatic heterocycles. The van der Waals surface area contributed by atoms with Gasteiger partial charge in [0, 0.05) is 5.38 Å². The first-order valence-corrected chi connectivity index (χ1v) is 5.53. The number of hydrogen-bond acceptors (Lipinski definition) is 0. The molecule has 0 saturated carbocycles. The van der Waals surface area contributed by atoms with Crippen molar-refractivity contribution >= 4 is 23.2 Å². The first-order valence-electron chi connectivity index (χ1n) is 4.71. The molecule has 78 valence electrons. The topological polar surface area (TPSA) is 0 Å². The Kier molecular flexibility index (Phi) is 4.70. The highest BCUT2D eigenvalue weighted by Gasteiger charge is 2.04. The average Bonchev–Trinajstić information content (AvgIpc) is 2.19. The van der Waals surface area contributed by atoms with Crippen LogP contribution in [0, 0.1) is 5.82 Å². The molecule has 0 spiro atoms. The number of rotatable bonds is 4. The summed E-state index contributed by atoms with van der Waals surface area (Å²) in [5, 5.41) is 0.348. The van der Waals surface area contributed by atoms with Gasteiger partial charge in [-0.3, -0.25) is 0 Å². The molecule has 1 atom stereocenters. The van der Waals surface area contributed by atoms with Crippen LogP contribution < -0.4 is 0 Å². The van der Waals surface area contributed by atoms with E-state index in [1.54, 1.807) is 6.07 Å². The number of aryl methyl sites for hydroxylation is 1. The summed E-state index contributed by atoms with van der Waals surface area (Å²) in [7, 11) is 0. The summed E-state index contributed by atoms with van der Waals surface area (Å²) in [5.74, 6) is -0.355. The Bertz CT molecular complexity index is 299. The van der Waals surface area contributed by atoms with Crippen molar-refractivity contribution in [2.24, 2.45) is 0 Å². The van der Waals surface area contributed by atoms with Crippen LogP contribution in [0.3, 0.4) is 0 Å². The van der Waals surface area contributed by atoms with Gasteiger partial charge in [0.1, 0.15) is 5.82 Å². The van der Waals surface area contributed by atoms with Crippen molar-refractivity contribution in [3.63, 3.8) is 0 Å². The Balaban J connectivity index is 2.55. The molecule has 0 radical (unpaired) electrons. The number of hydrogen-bond donors (Lipinski definition) is 0. The fourth-order valence-corrected chi connectivity index (χ4v) is 1.45. The van der Waals surface area contributed by atoms with E-state index in [-0.39, 0.29) is 16.2 Å². The fraction of sp³-hybridized carbons (Fsp3) is 0.455. The molecule has 14 heavy (non-hydrogen) atoms. The van der Waals surface area contributed by atoms with Crippen molar-refractivity contribution in [2.75, 3.05) is 0 Å². The van der Waals surface area contributed by atoms with Crippen molar-refractivity contribution in [3.05, 3.63) is 34.6 Å². The van der Waals surface area contributed by atoms with Gasteiger partial charge in [0.15, 0.2) is 0 Å². The van der Waals surface area contributed by atoms with Crippen molar-refractivity contribution in [1.29, 1.82) is 0 Å². The van der Waals surface area contributed by atoms with E-state index in [1.165, 1.54) is 6.07 Å². The maximum atomic E-state index is 13.0. The third kappa shape index (κ3) is 3.47. The molecule has 1 aromatic carbocycles. The highest BCUT2D eigenvalue weighted by atomic mass is 35.5. The second kappa shape index (κ2) is 5.57. The summed E-state index contributed by atoms with van der Waals surface area (Å²) in [4.78, 5) is 0. The summed E-state index contributed by atoms with van der Waals surface area (Å²) >= 11 is 11.5. The molecule has 0 heterocycles. The molecule has 0 bridgehead atoms. The minimum atomic E-state index is -0.355. The van der Waals surface area contributed by atoms with Crippen LogP contribution in [-0.4, -0.2) is 5.38 Å². The van der Waals surface area contributed by atoms with Crippen molar-refractivity contribution in [2.45, 2.75) is 31.6 Å². The first-order chi connectivity index (χ1) is 6.63. The van der Waals surface area contributed by atoms with Crippen LogP contribution in [0.5, 0.6) is 0 Å². The molecule has 0 aliphatic carbocycles. The van der Waals surface area contributed by atoms with Gasteiger partial charge in [0.05, 0.1) is 5.02 Å². The Morgan fingerprint density at radius 1 is 1.43 bits per heavy atom. The quantitative estimate of drug-likeness (QED) is 0.677. The van der Waals surface area contributed by atoms with E-state index >= 15 is 0 Å². The second-order valence-corrected chi connectivity index (χ2v) is 4.32. The van der Waals surface area contributed by atoms with Gasteiger partial charge in [0.25, 0.3) is 0 Å². The van der Waals surface area contributed by atoms with Gasteiger partial charge >= 0.3 is 0 Å². The molecule has 1 aromatic rings. The lowest BCUT2D eigenvalue weighted by molar-refractivity contribution is 0.624. The minimum absolute atomic E-state index is 0.173. The molecule has 0 aromatic heterocycles. The molecule has 0 fully saturated rings. The van der Waals surface area contributed by atoms with Gasteiger partial charge < -0.3 is 0 Å². The van der Waals surface area contributed by atoms with Crippen LogP contribution in [0.4, 0.5) is 4.39 Å². The second-order valence-electron chi connectivity index (χ2n) is 3.29. The van der Waals surface area contributed by atoms with E-state index in [4.69, 9.17) is 23.2 Å². The largest absolute Gasteiger partial charge is 0.205 e. The van der Waals surface area contributed by atoms with Gasteiger partial charge in [-0.2, -0.15) is 0 Å². The summed E-state index contributed by atoms with van der Waals surface area (Å²) in [6, 6.07) is 4.90. The maximum Gasteiger partial charge on any atom is 0.142 e. The van der Waals surface area contributed by atoms with Crippen molar-refractivity contribution in [1.82, 2.24) is 0 Å². The molecule has 1 rings (SSSR count). The number of benzene rings is 1. The molecule has 0 saturated heterocycles. The Hall–Kier alpha value is -0.270. The molecule has 0 aliphatic rings. The molecular weight excluding hydrogens is 222 g/mol. The van der Waals surface area contributed by atoms with Gasteiger partial charge in [-0.05, 0) is 37.0 Å². The van der Waals surface area contributed by atoms with Crippen molar-refractivity contribution in [3.8, 4) is 0 Å². The lowest BCUT2D eigenvalue weighted by atomic mass is 10.1. The molecule has 0 nitrogen and oxygen atoms in total. The summed E-state index contributed by atoms with van der Waals surface area (Å²) < 4.78 is 13.0. The van der Waals surface area contributed by atoms with Gasteiger partial charge in [-0.25, -0.2) is 4.39 Å². The van der Waals surface area contributed by atoms with Gasteiger partial charge in [-0.1, -0.05) is 24.6 Å². The zero-order valence-electron chi connectivity index (χ0n) is 8.06. The monoisotopic (exact) mass is 234 g/mol. The van der Waals surface area contributed by atoms with Gasteiger partial charge in [0.2, 0.25) is 0 Å². The number of halogens is 3. The Labute approximate surface area is 94.0 Å². The van der Waals surface area contributed by atoms with E-state index in [1.807, 2.05) is 13.0 Å². The molecular formula is C11H13Cl2F. The van der Waals surface area contributed by atoms with E-state index in [0.29, 0.717) is 0 Å². The summed E-state index contributed by atoms with van der Waals surface area (Å²) in [6.45, 7) is 2.04. The third-order valence-corrected chi connectivity index (χ3v) is 3.01. The lowest BCUT2D eigenvalue weighted by Gasteiger charge is -2.06. The Morgan fingerprint density at radius 2 is 2.14 bits per heavy atom. The predicted molar refractivity (Wildman–Crippen MR) is 59.7 cm³/mol. The normalized spacial score (nSPS) is 12.9. The first kappa shape index (κ1) is 11.8. The van der Waals surface area contributed by atoms with Crippen LogP contribution in [0.1, 0.15) is 25.3 Å². The van der Waals surface area contributed by atoms with E-state index < -0.39 is 0 Å². The standard InChI is InChI=1S/C11H13Cl2F/c1-2-9(12)5-3-8-4-6-10(13)11(14)7-8/h4,6-7,9H,2-3,5H2,1H3. The van der Waals surface area contributed by atoms with Gasteiger partial charge in [-0.15, -0.1) is 11.6 Å². The van der Waals surface area contributed by atoms with E-state index in [9.17, 15) is 4.39 Å². The van der Waals surface area contributed by atoms with Crippen LogP contribution in [0.25, 0.3) is 0 Å². The summed E-state index contributed by atoms with van der Waals surface area (Å²) in [5.41, 5.74) is 0.950. The molecule has 1 unspecified atom stereocenters. The van der Waals surface area contributed by atoms with Crippen molar-refractivity contribution < 1.29 is 4.39 Å². The molecule has 0 N–H and O–H groups in total. The third-order valence-electron chi connectivity index (χ3n) is 2.17. The van der Waals surface area contributed by atoms with Crippen LogP contribution in [0.15, 0.2) is 18.2 Å². The molecule has 3 heteroatoms. The lowest BCUT2D eigenvalue weighted by Crippen LogP contribution is -1.98.